The second-order valence-electron chi connectivity index (χ2n) is 4.34. The molecular weight excluding hydrogens is 242 g/mol. The van der Waals surface area contributed by atoms with Crippen LogP contribution in [0, 0.1) is 13.8 Å². The third-order valence-corrected chi connectivity index (χ3v) is 4.25. The molecule has 2 rings (SSSR count). The molecule has 1 aromatic rings. The summed E-state index contributed by atoms with van der Waals surface area (Å²) in [7, 11) is -3.38. The average molecular weight is 259 g/mol. The summed E-state index contributed by atoms with van der Waals surface area (Å²) in [5.74, 6) is 0.374. The number of nitrogens with one attached hydrogen (secondary N) is 2. The molecule has 2 N–H and O–H groups in total. The normalized spacial score (nSPS) is 20.7. The molecule has 0 amide bonds. The van der Waals surface area contributed by atoms with Crippen molar-refractivity contribution in [1.82, 2.24) is 10.2 Å². The molecule has 1 aliphatic rings. The number of hydrogen-bond donors (Lipinski definition) is 2. The zero-order chi connectivity index (χ0) is 12.5. The third-order valence-electron chi connectivity index (χ3n) is 2.93. The standard InChI is InChI=1S/C10H17N3O3S/c1-7-8(2)11-12-10(7)13-17(14,15)6-9-4-3-5-16-9/h9H,3-6H2,1-2H3,(H2,11,12,13). The van der Waals surface area contributed by atoms with Gasteiger partial charge in [0.05, 0.1) is 11.9 Å². The van der Waals surface area contributed by atoms with Gasteiger partial charge in [0.25, 0.3) is 0 Å². The summed E-state index contributed by atoms with van der Waals surface area (Å²) in [5, 5.41) is 6.66. The predicted octanol–water partition coefficient (Wildman–Crippen LogP) is 0.947. The van der Waals surface area contributed by atoms with E-state index < -0.39 is 10.0 Å². The molecule has 1 aromatic heterocycles. The Morgan fingerprint density at radius 3 is 2.82 bits per heavy atom. The Morgan fingerprint density at radius 1 is 1.53 bits per heavy atom. The van der Waals surface area contributed by atoms with Gasteiger partial charge in [0.15, 0.2) is 5.82 Å². The zero-order valence-electron chi connectivity index (χ0n) is 9.99. The molecule has 0 spiro atoms. The van der Waals surface area contributed by atoms with Gasteiger partial charge in [0.1, 0.15) is 0 Å². The van der Waals surface area contributed by atoms with E-state index in [1.165, 1.54) is 0 Å². The summed E-state index contributed by atoms with van der Waals surface area (Å²) in [6.45, 7) is 4.32. The Morgan fingerprint density at radius 2 is 2.29 bits per heavy atom. The minimum absolute atomic E-state index is 0.00164. The van der Waals surface area contributed by atoms with Gasteiger partial charge in [-0.3, -0.25) is 9.82 Å². The first-order valence-corrected chi connectivity index (χ1v) is 7.27. The first-order valence-electron chi connectivity index (χ1n) is 5.61. The third kappa shape index (κ3) is 2.98. The van der Waals surface area contributed by atoms with E-state index in [-0.39, 0.29) is 11.9 Å². The number of nitrogens with zero attached hydrogens (tertiary/aromatic N) is 1. The summed E-state index contributed by atoms with van der Waals surface area (Å²) in [4.78, 5) is 0. The van der Waals surface area contributed by atoms with Gasteiger partial charge < -0.3 is 4.74 Å². The average Bonchev–Trinajstić information content (AvgIpc) is 2.83. The molecule has 17 heavy (non-hydrogen) atoms. The number of aryl methyl sites for hydroxylation is 1. The van der Waals surface area contributed by atoms with E-state index in [1.54, 1.807) is 0 Å². The van der Waals surface area contributed by atoms with Crippen LogP contribution in [0.3, 0.4) is 0 Å². The maximum absolute atomic E-state index is 11.9. The zero-order valence-corrected chi connectivity index (χ0v) is 10.8. The Kier molecular flexibility index (Phi) is 3.39. The van der Waals surface area contributed by atoms with Crippen LogP contribution in [0.5, 0.6) is 0 Å². The van der Waals surface area contributed by atoms with E-state index >= 15 is 0 Å². The molecule has 1 fully saturated rings. The lowest BCUT2D eigenvalue weighted by atomic mass is 10.3. The van der Waals surface area contributed by atoms with Crippen molar-refractivity contribution in [3.63, 3.8) is 0 Å². The smallest absolute Gasteiger partial charge is 0.236 e. The maximum atomic E-state index is 11.9. The Hall–Kier alpha value is -1.08. The summed E-state index contributed by atoms with van der Waals surface area (Å²) < 4.78 is 31.5. The predicted molar refractivity (Wildman–Crippen MR) is 64.4 cm³/mol. The Labute approximate surface area is 101 Å². The fourth-order valence-electron chi connectivity index (χ4n) is 1.79. The summed E-state index contributed by atoms with van der Waals surface area (Å²) in [6, 6.07) is 0. The molecule has 0 saturated carbocycles. The molecule has 7 heteroatoms. The lowest BCUT2D eigenvalue weighted by molar-refractivity contribution is 0.127. The van der Waals surface area contributed by atoms with Crippen molar-refractivity contribution in [2.75, 3.05) is 17.1 Å². The number of aromatic amines is 1. The number of anilines is 1. The second kappa shape index (κ2) is 4.66. The van der Waals surface area contributed by atoms with Gasteiger partial charge in [0.2, 0.25) is 10.0 Å². The summed E-state index contributed by atoms with van der Waals surface area (Å²) in [6.07, 6.45) is 1.55. The molecular formula is C10H17N3O3S. The molecule has 0 bridgehead atoms. The van der Waals surface area contributed by atoms with Gasteiger partial charge in [-0.15, -0.1) is 0 Å². The molecule has 0 aromatic carbocycles. The SMILES string of the molecule is Cc1[nH]nc(NS(=O)(=O)CC2CCCO2)c1C. The molecule has 96 valence electrons. The highest BCUT2D eigenvalue weighted by Crippen LogP contribution is 2.18. The topological polar surface area (TPSA) is 84.1 Å². The van der Waals surface area contributed by atoms with E-state index in [1.807, 2.05) is 13.8 Å². The highest BCUT2D eigenvalue weighted by atomic mass is 32.2. The van der Waals surface area contributed by atoms with Crippen molar-refractivity contribution < 1.29 is 13.2 Å². The van der Waals surface area contributed by atoms with Crippen molar-refractivity contribution in [2.45, 2.75) is 32.8 Å². The van der Waals surface area contributed by atoms with Crippen LogP contribution in [0.4, 0.5) is 5.82 Å². The maximum Gasteiger partial charge on any atom is 0.236 e. The van der Waals surface area contributed by atoms with Gasteiger partial charge in [0, 0.05) is 17.9 Å². The van der Waals surface area contributed by atoms with Gasteiger partial charge in [-0.25, -0.2) is 8.42 Å². The van der Waals surface area contributed by atoms with Crippen molar-refractivity contribution in [2.24, 2.45) is 0 Å². The van der Waals surface area contributed by atoms with Crippen LogP contribution >= 0.6 is 0 Å². The van der Waals surface area contributed by atoms with Gasteiger partial charge in [-0.1, -0.05) is 0 Å². The lowest BCUT2D eigenvalue weighted by Crippen LogP contribution is -2.26. The highest BCUT2D eigenvalue weighted by molar-refractivity contribution is 7.92. The number of hydrogen-bond acceptors (Lipinski definition) is 4. The van der Waals surface area contributed by atoms with Crippen LogP contribution in [0.2, 0.25) is 0 Å². The molecule has 1 saturated heterocycles. The fourth-order valence-corrected chi connectivity index (χ4v) is 3.12. The van der Waals surface area contributed by atoms with E-state index in [4.69, 9.17) is 4.74 Å². The quantitative estimate of drug-likeness (QED) is 0.843. The van der Waals surface area contributed by atoms with Crippen molar-refractivity contribution >= 4 is 15.8 Å². The van der Waals surface area contributed by atoms with Gasteiger partial charge in [-0.2, -0.15) is 5.10 Å². The van der Waals surface area contributed by atoms with Crippen molar-refractivity contribution in [3.05, 3.63) is 11.3 Å². The molecule has 2 heterocycles. The van der Waals surface area contributed by atoms with Gasteiger partial charge in [-0.05, 0) is 26.7 Å². The fraction of sp³-hybridized carbons (Fsp3) is 0.700. The molecule has 1 aliphatic heterocycles. The molecule has 6 nitrogen and oxygen atoms in total. The molecule has 0 radical (unpaired) electrons. The van der Waals surface area contributed by atoms with Crippen LogP contribution in [0.1, 0.15) is 24.1 Å². The number of H-pyrrole nitrogens is 1. The van der Waals surface area contributed by atoms with E-state index in [9.17, 15) is 8.42 Å². The minimum Gasteiger partial charge on any atom is -0.377 e. The Bertz CT molecular complexity index is 489. The number of sulfonamides is 1. The highest BCUT2D eigenvalue weighted by Gasteiger charge is 2.24. The van der Waals surface area contributed by atoms with Gasteiger partial charge >= 0.3 is 0 Å². The number of rotatable bonds is 4. The number of aromatic nitrogens is 2. The summed E-state index contributed by atoms with van der Waals surface area (Å²) >= 11 is 0. The van der Waals surface area contributed by atoms with Crippen LogP contribution < -0.4 is 4.72 Å². The van der Waals surface area contributed by atoms with Crippen LogP contribution in [0.15, 0.2) is 0 Å². The molecule has 1 atom stereocenters. The van der Waals surface area contributed by atoms with Crippen LogP contribution in [-0.2, 0) is 14.8 Å². The van der Waals surface area contributed by atoms with Crippen molar-refractivity contribution in [3.8, 4) is 0 Å². The van der Waals surface area contributed by atoms with E-state index in [2.05, 4.69) is 14.9 Å². The van der Waals surface area contributed by atoms with Crippen LogP contribution in [-0.4, -0.2) is 37.1 Å². The van der Waals surface area contributed by atoms with E-state index in [0.717, 1.165) is 24.1 Å². The first kappa shape index (κ1) is 12.4. The molecule has 0 aliphatic carbocycles. The largest absolute Gasteiger partial charge is 0.377 e. The minimum atomic E-state index is -3.38. The summed E-state index contributed by atoms with van der Waals surface area (Å²) in [5.41, 5.74) is 1.68. The first-order chi connectivity index (χ1) is 7.98. The monoisotopic (exact) mass is 259 g/mol. The molecule has 1 unspecified atom stereocenters. The Balaban J connectivity index is 2.04. The number of ether oxygens (including phenoxy) is 1. The second-order valence-corrected chi connectivity index (χ2v) is 6.11. The van der Waals surface area contributed by atoms with E-state index in [0.29, 0.717) is 12.4 Å². The lowest BCUT2D eigenvalue weighted by Gasteiger charge is -2.10. The van der Waals surface area contributed by atoms with Crippen molar-refractivity contribution in [1.29, 1.82) is 0 Å². The van der Waals surface area contributed by atoms with Crippen LogP contribution in [0.25, 0.3) is 0 Å².